The Morgan fingerprint density at radius 3 is 2.59 bits per heavy atom. The largest absolute Gasteiger partial charge is 0.388 e. The van der Waals surface area contributed by atoms with Crippen LogP contribution in [0, 0.1) is 5.82 Å². The van der Waals surface area contributed by atoms with Crippen molar-refractivity contribution in [3.8, 4) is 0 Å². The molecule has 2 rings (SSSR count). The maximum atomic E-state index is 13.0. The lowest BCUT2D eigenvalue weighted by atomic mass is 10.1. The number of hydrogen-bond donors (Lipinski definition) is 3. The van der Waals surface area contributed by atoms with Crippen LogP contribution in [-0.2, 0) is 4.74 Å². The molecule has 0 amide bonds. The molecule has 1 saturated heterocycles. The monoisotopic (exact) mass is 246 g/mol. The molecule has 1 aromatic rings. The van der Waals surface area contributed by atoms with E-state index in [9.17, 15) is 24.2 Å². The number of H-pyrrole nitrogens is 1. The van der Waals surface area contributed by atoms with E-state index in [1.54, 1.807) is 4.98 Å². The van der Waals surface area contributed by atoms with E-state index in [4.69, 9.17) is 4.74 Å². The first kappa shape index (κ1) is 12.0. The Balaban J connectivity index is 2.46. The maximum absolute atomic E-state index is 13.0. The van der Waals surface area contributed by atoms with E-state index in [-0.39, 0.29) is 0 Å². The van der Waals surface area contributed by atoms with Gasteiger partial charge in [-0.05, 0) is 6.92 Å². The topological polar surface area (TPSA) is 105 Å². The third kappa shape index (κ3) is 1.90. The molecule has 0 bridgehead atoms. The fraction of sp³-hybridized carbons (Fsp3) is 0.556. The molecule has 3 N–H and O–H groups in total. The number of hydrogen-bond acceptors (Lipinski definition) is 5. The molecule has 1 aliphatic rings. The van der Waals surface area contributed by atoms with Crippen molar-refractivity contribution in [2.24, 2.45) is 0 Å². The average Bonchev–Trinajstić information content (AvgIpc) is 2.51. The van der Waals surface area contributed by atoms with Crippen LogP contribution in [0.15, 0.2) is 15.8 Å². The second-order valence-electron chi connectivity index (χ2n) is 3.86. The van der Waals surface area contributed by atoms with Gasteiger partial charge in [-0.2, -0.15) is 4.39 Å². The SMILES string of the molecule is C[C@H]1O[C@@H](n2cc(F)c(=O)[nH]c2=O)[C@@H](O)C1O. The number of aromatic nitrogens is 2. The molecule has 4 atom stereocenters. The highest BCUT2D eigenvalue weighted by Gasteiger charge is 2.41. The molecule has 17 heavy (non-hydrogen) atoms. The number of aliphatic hydroxyl groups is 2. The summed E-state index contributed by atoms with van der Waals surface area (Å²) in [5.74, 6) is -1.17. The summed E-state index contributed by atoms with van der Waals surface area (Å²) in [5, 5.41) is 19.1. The maximum Gasteiger partial charge on any atom is 0.330 e. The minimum atomic E-state index is -1.37. The molecule has 0 spiro atoms. The van der Waals surface area contributed by atoms with Crippen LogP contribution in [0.5, 0.6) is 0 Å². The summed E-state index contributed by atoms with van der Waals surface area (Å²) in [6.07, 6.45) is -3.83. The van der Waals surface area contributed by atoms with Gasteiger partial charge in [-0.25, -0.2) is 4.79 Å². The fourth-order valence-electron chi connectivity index (χ4n) is 1.71. The normalized spacial score (nSPS) is 32.9. The third-order valence-electron chi connectivity index (χ3n) is 2.68. The van der Waals surface area contributed by atoms with Gasteiger partial charge in [-0.1, -0.05) is 0 Å². The van der Waals surface area contributed by atoms with Crippen LogP contribution in [0.3, 0.4) is 0 Å². The van der Waals surface area contributed by atoms with Crippen LogP contribution in [0.4, 0.5) is 4.39 Å². The van der Waals surface area contributed by atoms with Crippen molar-refractivity contribution < 1.29 is 19.3 Å². The second-order valence-corrected chi connectivity index (χ2v) is 3.86. The zero-order valence-electron chi connectivity index (χ0n) is 8.83. The zero-order valence-corrected chi connectivity index (χ0v) is 8.83. The van der Waals surface area contributed by atoms with Crippen molar-refractivity contribution in [1.82, 2.24) is 9.55 Å². The first-order valence-electron chi connectivity index (χ1n) is 4.94. The fourth-order valence-corrected chi connectivity index (χ4v) is 1.71. The van der Waals surface area contributed by atoms with Crippen molar-refractivity contribution in [1.29, 1.82) is 0 Å². The van der Waals surface area contributed by atoms with E-state index in [2.05, 4.69) is 0 Å². The van der Waals surface area contributed by atoms with Gasteiger partial charge < -0.3 is 14.9 Å². The van der Waals surface area contributed by atoms with Crippen LogP contribution < -0.4 is 11.2 Å². The Morgan fingerprint density at radius 1 is 1.41 bits per heavy atom. The van der Waals surface area contributed by atoms with Crippen molar-refractivity contribution in [2.75, 3.05) is 0 Å². The summed E-state index contributed by atoms with van der Waals surface area (Å²) in [6.45, 7) is 1.50. The van der Waals surface area contributed by atoms with Crippen LogP contribution in [0.25, 0.3) is 0 Å². The standard InChI is InChI=1S/C9H11FN2O5/c1-3-5(13)6(14)8(17-3)12-2-4(10)7(15)11-9(12)16/h2-3,5-6,8,13-14H,1H3,(H,11,15,16)/t3-,5?,6+,8-/m1/s1. The number of nitrogens with zero attached hydrogens (tertiary/aromatic N) is 1. The highest BCUT2D eigenvalue weighted by atomic mass is 19.1. The molecule has 1 aromatic heterocycles. The van der Waals surface area contributed by atoms with Crippen molar-refractivity contribution in [2.45, 2.75) is 31.5 Å². The molecule has 0 radical (unpaired) electrons. The van der Waals surface area contributed by atoms with Crippen molar-refractivity contribution in [3.63, 3.8) is 0 Å². The minimum absolute atomic E-state index is 0.639. The molecule has 1 fully saturated rings. The summed E-state index contributed by atoms with van der Waals surface area (Å²) >= 11 is 0. The smallest absolute Gasteiger partial charge is 0.330 e. The van der Waals surface area contributed by atoms with Gasteiger partial charge in [0.05, 0.1) is 12.3 Å². The summed E-state index contributed by atoms with van der Waals surface area (Å²) in [6, 6.07) is 0. The lowest BCUT2D eigenvalue weighted by Gasteiger charge is -2.16. The van der Waals surface area contributed by atoms with Gasteiger partial charge in [0, 0.05) is 0 Å². The molecule has 1 aliphatic heterocycles. The van der Waals surface area contributed by atoms with E-state index >= 15 is 0 Å². The predicted molar refractivity (Wildman–Crippen MR) is 52.9 cm³/mol. The van der Waals surface area contributed by atoms with E-state index in [1.165, 1.54) is 6.92 Å². The Hall–Kier alpha value is -1.51. The minimum Gasteiger partial charge on any atom is -0.388 e. The second kappa shape index (κ2) is 4.06. The molecule has 94 valence electrons. The van der Waals surface area contributed by atoms with Gasteiger partial charge in [-0.15, -0.1) is 0 Å². The van der Waals surface area contributed by atoms with Crippen LogP contribution in [0.1, 0.15) is 13.2 Å². The molecule has 0 aromatic carbocycles. The first-order valence-corrected chi connectivity index (χ1v) is 4.94. The Kier molecular flexibility index (Phi) is 2.86. The first-order chi connectivity index (χ1) is 7.91. The van der Waals surface area contributed by atoms with Gasteiger partial charge >= 0.3 is 5.69 Å². The molecule has 0 aliphatic carbocycles. The predicted octanol–water partition coefficient (Wildman–Crippen LogP) is -1.69. The number of nitrogens with one attached hydrogen (secondary N) is 1. The molecule has 1 unspecified atom stereocenters. The lowest BCUT2D eigenvalue weighted by Crippen LogP contribution is -2.38. The van der Waals surface area contributed by atoms with Crippen LogP contribution >= 0.6 is 0 Å². The number of aliphatic hydroxyl groups excluding tert-OH is 2. The number of rotatable bonds is 1. The summed E-state index contributed by atoms with van der Waals surface area (Å²) < 4.78 is 18.9. The Labute approximate surface area is 94.1 Å². The highest BCUT2D eigenvalue weighted by Crippen LogP contribution is 2.27. The number of ether oxygens (including phenoxy) is 1. The van der Waals surface area contributed by atoms with E-state index in [1.807, 2.05) is 0 Å². The quantitative estimate of drug-likeness (QED) is 0.548. The summed E-state index contributed by atoms with van der Waals surface area (Å²) in [4.78, 5) is 24.0. The molecular formula is C9H11FN2O5. The summed E-state index contributed by atoms with van der Waals surface area (Å²) in [7, 11) is 0. The van der Waals surface area contributed by atoms with Crippen LogP contribution in [0.2, 0.25) is 0 Å². The molecule has 0 saturated carbocycles. The molecule has 8 heteroatoms. The molecule has 2 heterocycles. The van der Waals surface area contributed by atoms with Gasteiger partial charge in [0.15, 0.2) is 6.23 Å². The number of aromatic amines is 1. The highest BCUT2D eigenvalue weighted by molar-refractivity contribution is 4.93. The average molecular weight is 246 g/mol. The van der Waals surface area contributed by atoms with E-state index in [0.717, 1.165) is 0 Å². The summed E-state index contributed by atoms with van der Waals surface area (Å²) in [5.41, 5.74) is -2.06. The third-order valence-corrected chi connectivity index (χ3v) is 2.68. The van der Waals surface area contributed by atoms with Crippen molar-refractivity contribution >= 4 is 0 Å². The Bertz CT molecular complexity index is 539. The van der Waals surface area contributed by atoms with Gasteiger partial charge in [0.25, 0.3) is 5.56 Å². The lowest BCUT2D eigenvalue weighted by molar-refractivity contribution is -0.0356. The molecular weight excluding hydrogens is 235 g/mol. The van der Waals surface area contributed by atoms with E-state index < -0.39 is 41.6 Å². The van der Waals surface area contributed by atoms with Gasteiger partial charge in [0.1, 0.15) is 12.2 Å². The van der Waals surface area contributed by atoms with Crippen molar-refractivity contribution in [3.05, 3.63) is 32.9 Å². The number of halogens is 1. The van der Waals surface area contributed by atoms with E-state index in [0.29, 0.717) is 10.8 Å². The van der Waals surface area contributed by atoms with Gasteiger partial charge in [-0.3, -0.25) is 14.3 Å². The van der Waals surface area contributed by atoms with Crippen LogP contribution in [-0.4, -0.2) is 38.1 Å². The zero-order chi connectivity index (χ0) is 12.7. The van der Waals surface area contributed by atoms with Gasteiger partial charge in [0.2, 0.25) is 5.82 Å². The Morgan fingerprint density at radius 2 is 2.06 bits per heavy atom. The molecule has 7 nitrogen and oxygen atoms in total.